The number of carbonyl (C=O) groups is 5. The lowest BCUT2D eigenvalue weighted by atomic mass is 9.84. The molecule has 6 heterocycles. The van der Waals surface area contributed by atoms with Gasteiger partial charge in [-0.25, -0.2) is 14.2 Å². The number of aldehydes is 1. The molecule has 0 saturated carbocycles. The van der Waals surface area contributed by atoms with Gasteiger partial charge in [0.2, 0.25) is 17.7 Å². The van der Waals surface area contributed by atoms with Crippen LogP contribution in [0, 0.1) is 17.3 Å². The molecule has 15 nitrogen and oxygen atoms in total. The summed E-state index contributed by atoms with van der Waals surface area (Å²) < 4.78 is 44.5. The van der Waals surface area contributed by atoms with Crippen LogP contribution >= 0.6 is 0 Å². The molecule has 6 bridgehead atoms. The minimum atomic E-state index is -2.90. The van der Waals surface area contributed by atoms with Crippen LogP contribution in [0.25, 0.3) is 33.4 Å². The van der Waals surface area contributed by atoms with Crippen LogP contribution in [0.5, 0.6) is 0 Å². The normalized spacial score (nSPS) is 21.8. The number of fused-ring (bicyclic) bond motifs is 6. The van der Waals surface area contributed by atoms with Crippen molar-refractivity contribution in [3.05, 3.63) is 83.8 Å². The Morgan fingerprint density at radius 3 is 2.57 bits per heavy atom. The van der Waals surface area contributed by atoms with Crippen molar-refractivity contribution in [2.45, 2.75) is 110 Å². The smallest absolute Gasteiger partial charge is 0.263 e. The highest BCUT2D eigenvalue weighted by molar-refractivity contribution is 5.96. The Bertz CT molecular complexity index is 2600. The first-order valence-corrected chi connectivity index (χ1v) is 23.9. The number of carbonyl (C=O) groups excluding carboxylic acids is 5. The molecule has 3 aromatic heterocycles. The fourth-order valence-electron chi connectivity index (χ4n) is 10.3. The number of rotatable bonds is 12. The fourth-order valence-corrected chi connectivity index (χ4v) is 10.3. The van der Waals surface area contributed by atoms with Crippen molar-refractivity contribution in [3.63, 3.8) is 0 Å². The summed E-state index contributed by atoms with van der Waals surface area (Å²) in [4.78, 5) is 81.5. The number of likely N-dealkylation sites (N-methyl/N-ethyl adjacent to an activating group) is 1. The van der Waals surface area contributed by atoms with Crippen molar-refractivity contribution in [2.24, 2.45) is 17.3 Å². The zero-order valence-corrected chi connectivity index (χ0v) is 41.0. The Kier molecular flexibility index (Phi) is 15.5. The van der Waals surface area contributed by atoms with Crippen LogP contribution in [0.2, 0.25) is 0 Å². The standard InChI is InChI=1S/C52H66F2N8O7/c1-10-43(64)60-21-17-34(27-60)49(66)59(8)45(31(3)4)48(65)57-41-25-36-22-35(47(53)54)24-40(56-36)33-15-16-42-38(23-33)39(46(61(42)11-2)37-14-12-19-55-44(37)32(5)68-9)26-51(6,7)29-69-30-52(28-63)18-13-20-62(58-52)50(41)67/h10,12,14-16,19,22-24,28,31-32,34,41,45,47,58H,1,11,13,17-18,20-21,25-27,29-30H2,2-9H3,(H,57,65)/t32-,34-,41-,45-,52-/m0/s1. The summed E-state index contributed by atoms with van der Waals surface area (Å²) in [7, 11) is 3.17. The summed E-state index contributed by atoms with van der Waals surface area (Å²) in [6.07, 6.45) is 1.86. The molecule has 2 fully saturated rings. The lowest BCUT2D eigenvalue weighted by molar-refractivity contribution is -0.148. The third kappa shape index (κ3) is 10.7. The molecule has 0 radical (unpaired) electrons. The van der Waals surface area contributed by atoms with Gasteiger partial charge in [-0.05, 0) is 98.9 Å². The molecule has 3 aliphatic heterocycles. The quantitative estimate of drug-likeness (QED) is 0.116. The number of halogens is 2. The van der Waals surface area contributed by atoms with Gasteiger partial charge in [-0.15, -0.1) is 0 Å². The number of pyridine rings is 2. The lowest BCUT2D eigenvalue weighted by Gasteiger charge is -2.42. The summed E-state index contributed by atoms with van der Waals surface area (Å²) in [5, 5.41) is 5.08. The van der Waals surface area contributed by atoms with Crippen LogP contribution in [-0.2, 0) is 52.8 Å². The molecule has 4 aromatic rings. The largest absolute Gasteiger partial charge is 0.378 e. The Morgan fingerprint density at radius 2 is 1.88 bits per heavy atom. The van der Waals surface area contributed by atoms with E-state index in [1.165, 1.54) is 40.1 Å². The van der Waals surface area contributed by atoms with E-state index in [1.54, 1.807) is 27.2 Å². The Hall–Kier alpha value is -5.91. The average Bonchev–Trinajstić information content (AvgIpc) is 3.95. The number of hydrogen-bond acceptors (Lipinski definition) is 10. The van der Waals surface area contributed by atoms with Crippen LogP contribution in [-0.4, -0.2) is 124 Å². The van der Waals surface area contributed by atoms with Crippen molar-refractivity contribution < 1.29 is 42.2 Å². The SMILES string of the molecule is C=CC(=O)N1CC[C@H](C(=O)N(C)[C@H](C(=O)N[C@H]2Cc3cc(C(F)F)cc(n3)-c3ccc4c(c3)c(c(-c3cccnc3[C@H](C)OC)n4CC)CC(C)(C)COC[C@@]3(C=O)CCCN(N3)C2=O)C(C)C)C1. The van der Waals surface area contributed by atoms with Crippen molar-refractivity contribution in [2.75, 3.05) is 47.0 Å². The Labute approximate surface area is 403 Å². The highest BCUT2D eigenvalue weighted by Crippen LogP contribution is 2.42. The molecule has 5 atom stereocenters. The van der Waals surface area contributed by atoms with Gasteiger partial charge in [0.05, 0.1) is 42.3 Å². The molecule has 3 aliphatic rings. The van der Waals surface area contributed by atoms with E-state index in [0.717, 1.165) is 39.7 Å². The number of likely N-dealkylation sites (tertiary alicyclic amines) is 1. The maximum Gasteiger partial charge on any atom is 0.263 e. The number of aryl methyl sites for hydroxylation is 1. The first-order chi connectivity index (χ1) is 32.8. The Morgan fingerprint density at radius 1 is 1.12 bits per heavy atom. The summed E-state index contributed by atoms with van der Waals surface area (Å²) in [5.74, 6) is -2.87. The zero-order valence-electron chi connectivity index (χ0n) is 41.0. The average molecular weight is 953 g/mol. The monoisotopic (exact) mass is 953 g/mol. The maximum absolute atomic E-state index is 15.0. The van der Waals surface area contributed by atoms with Crippen molar-refractivity contribution >= 4 is 40.8 Å². The molecule has 0 aliphatic carbocycles. The number of hydrogen-bond donors (Lipinski definition) is 2. The molecule has 370 valence electrons. The second-order valence-electron chi connectivity index (χ2n) is 19.9. The van der Waals surface area contributed by atoms with Crippen LogP contribution in [0.3, 0.4) is 0 Å². The van der Waals surface area contributed by atoms with Gasteiger partial charge in [0.25, 0.3) is 12.3 Å². The minimum absolute atomic E-state index is 0.0623. The number of methoxy groups -OCH3 is 1. The number of nitrogens with one attached hydrogen (secondary N) is 2. The van der Waals surface area contributed by atoms with Gasteiger partial charge in [0, 0.05) is 86.2 Å². The third-order valence-electron chi connectivity index (χ3n) is 13.8. The molecule has 17 heteroatoms. The lowest BCUT2D eigenvalue weighted by Crippen LogP contribution is -2.66. The van der Waals surface area contributed by atoms with E-state index in [1.807, 2.05) is 37.3 Å². The minimum Gasteiger partial charge on any atom is -0.378 e. The predicted molar refractivity (Wildman–Crippen MR) is 258 cm³/mol. The number of benzene rings is 1. The number of nitrogens with zero attached hydrogens (tertiary/aromatic N) is 6. The maximum atomic E-state index is 15.0. The molecule has 4 amide bonds. The fraction of sp³-hybridized carbons (Fsp3) is 0.519. The molecule has 2 saturated heterocycles. The highest BCUT2D eigenvalue weighted by atomic mass is 19.3. The summed E-state index contributed by atoms with van der Waals surface area (Å²) >= 11 is 0. The van der Waals surface area contributed by atoms with E-state index in [4.69, 9.17) is 19.4 Å². The zero-order chi connectivity index (χ0) is 49.9. The van der Waals surface area contributed by atoms with Crippen LogP contribution in [0.4, 0.5) is 8.78 Å². The van der Waals surface area contributed by atoms with Crippen LogP contribution in [0.15, 0.2) is 61.3 Å². The Balaban J connectivity index is 1.35. The van der Waals surface area contributed by atoms with Gasteiger partial charge in [-0.1, -0.05) is 40.3 Å². The molecule has 69 heavy (non-hydrogen) atoms. The van der Waals surface area contributed by atoms with Gasteiger partial charge in [-0.3, -0.25) is 34.2 Å². The van der Waals surface area contributed by atoms with Gasteiger partial charge < -0.3 is 34.0 Å². The van der Waals surface area contributed by atoms with Crippen molar-refractivity contribution in [1.29, 1.82) is 0 Å². The number of ether oxygens (including phenoxy) is 2. The number of hydrazine groups is 1. The van der Waals surface area contributed by atoms with Gasteiger partial charge >= 0.3 is 0 Å². The summed E-state index contributed by atoms with van der Waals surface area (Å²) in [5.41, 5.74) is 6.44. The molecule has 2 N–H and O–H groups in total. The number of amides is 4. The number of alkyl halides is 2. The predicted octanol–water partition coefficient (Wildman–Crippen LogP) is 6.64. The van der Waals surface area contributed by atoms with Crippen LogP contribution in [0.1, 0.15) is 95.8 Å². The second kappa shape index (κ2) is 21.0. The number of aromatic nitrogens is 3. The molecule has 0 spiro atoms. The molecular weight excluding hydrogens is 887 g/mol. The topological polar surface area (TPSA) is 168 Å². The van der Waals surface area contributed by atoms with Gasteiger partial charge in [-0.2, -0.15) is 0 Å². The third-order valence-corrected chi connectivity index (χ3v) is 13.8. The van der Waals surface area contributed by atoms with E-state index in [-0.39, 0.29) is 67.6 Å². The summed E-state index contributed by atoms with van der Waals surface area (Å²) in [6.45, 7) is 16.8. The molecule has 7 rings (SSSR count). The first-order valence-electron chi connectivity index (χ1n) is 23.9. The van der Waals surface area contributed by atoms with Crippen molar-refractivity contribution in [3.8, 4) is 22.5 Å². The van der Waals surface area contributed by atoms with E-state index in [2.05, 4.69) is 42.7 Å². The highest BCUT2D eigenvalue weighted by Gasteiger charge is 2.42. The first kappa shape index (κ1) is 51.0. The van der Waals surface area contributed by atoms with Gasteiger partial charge in [0.1, 0.15) is 23.9 Å². The van der Waals surface area contributed by atoms with E-state index >= 15 is 0 Å². The molecule has 0 unspecified atom stereocenters. The molecule has 1 aromatic carbocycles. The van der Waals surface area contributed by atoms with Gasteiger partial charge in [0.15, 0.2) is 0 Å². The van der Waals surface area contributed by atoms with E-state index in [9.17, 15) is 32.8 Å². The van der Waals surface area contributed by atoms with Crippen molar-refractivity contribution in [1.82, 2.24) is 40.1 Å². The van der Waals surface area contributed by atoms with Crippen LogP contribution < -0.4 is 10.7 Å². The summed E-state index contributed by atoms with van der Waals surface area (Å²) in [6, 6.07) is 9.89. The molecular formula is C52H66F2N8O7. The van der Waals surface area contributed by atoms with E-state index < -0.39 is 53.1 Å². The second-order valence-corrected chi connectivity index (χ2v) is 19.9. The van der Waals surface area contributed by atoms with E-state index in [0.29, 0.717) is 44.3 Å².